The Morgan fingerprint density at radius 2 is 2.17 bits per heavy atom. The van der Waals surface area contributed by atoms with Gasteiger partial charge in [-0.25, -0.2) is 0 Å². The molecule has 2 N–H and O–H groups in total. The highest BCUT2D eigenvalue weighted by atomic mass is 32.2. The van der Waals surface area contributed by atoms with Gasteiger partial charge in [-0.1, -0.05) is 0 Å². The lowest BCUT2D eigenvalue weighted by Crippen LogP contribution is -2.37. The number of amides is 1. The van der Waals surface area contributed by atoms with Crippen molar-refractivity contribution in [2.45, 2.75) is 0 Å². The summed E-state index contributed by atoms with van der Waals surface area (Å²) in [6.07, 6.45) is 1.59. The van der Waals surface area contributed by atoms with E-state index >= 15 is 0 Å². The number of fused-ring (bicyclic) bond motifs is 1. The Hall–Kier alpha value is -1.34. The predicted octanol–water partition coefficient (Wildman–Crippen LogP) is 1.46. The number of nitrogens with zero attached hydrogens (tertiary/aromatic N) is 3. The zero-order valence-electron chi connectivity index (χ0n) is 9.63. The van der Waals surface area contributed by atoms with Crippen molar-refractivity contribution in [2.75, 3.05) is 30.3 Å². The van der Waals surface area contributed by atoms with Crippen LogP contribution in [0, 0.1) is 0 Å². The normalized spacial score (nSPS) is 16.1. The van der Waals surface area contributed by atoms with Crippen molar-refractivity contribution in [3.8, 4) is 0 Å². The number of thioether (sulfide) groups is 1. The van der Waals surface area contributed by atoms with E-state index in [0.29, 0.717) is 10.6 Å². The van der Waals surface area contributed by atoms with Gasteiger partial charge in [-0.3, -0.25) is 4.79 Å². The number of hydrogen-bond acceptors (Lipinski definition) is 6. The highest BCUT2D eigenvalue weighted by Crippen LogP contribution is 2.32. The third kappa shape index (κ3) is 1.93. The van der Waals surface area contributed by atoms with Crippen LogP contribution in [0.25, 0.3) is 10.2 Å². The third-order valence-electron chi connectivity index (χ3n) is 2.91. The first-order valence-corrected chi connectivity index (χ1v) is 7.61. The van der Waals surface area contributed by atoms with Gasteiger partial charge in [-0.05, 0) is 6.07 Å². The molecule has 7 heteroatoms. The van der Waals surface area contributed by atoms with Crippen LogP contribution in [0.2, 0.25) is 0 Å². The van der Waals surface area contributed by atoms with Crippen LogP contribution in [0.3, 0.4) is 0 Å². The average molecular weight is 280 g/mol. The molecule has 0 saturated carbocycles. The number of carbonyl (C=O) groups is 1. The number of hydrogen-bond donors (Lipinski definition) is 1. The second-order valence-corrected chi connectivity index (χ2v) is 6.22. The van der Waals surface area contributed by atoms with E-state index in [1.807, 2.05) is 16.7 Å². The summed E-state index contributed by atoms with van der Waals surface area (Å²) < 4.78 is 0. The van der Waals surface area contributed by atoms with Gasteiger partial charge in [0.15, 0.2) is 0 Å². The minimum absolute atomic E-state index is 0.0239. The summed E-state index contributed by atoms with van der Waals surface area (Å²) >= 11 is 3.21. The Bertz CT molecular complexity index is 592. The molecule has 1 saturated heterocycles. The minimum Gasteiger partial charge on any atom is -0.397 e. The maximum atomic E-state index is 12.4. The summed E-state index contributed by atoms with van der Waals surface area (Å²) in [6.45, 7) is 1.59. The van der Waals surface area contributed by atoms with E-state index in [9.17, 15) is 4.79 Å². The molecule has 1 fully saturated rings. The molecule has 0 unspecified atom stereocenters. The van der Waals surface area contributed by atoms with Gasteiger partial charge in [0.25, 0.3) is 5.91 Å². The molecule has 0 bridgehead atoms. The van der Waals surface area contributed by atoms with Gasteiger partial charge in [0.1, 0.15) is 9.71 Å². The van der Waals surface area contributed by atoms with Crippen molar-refractivity contribution in [2.24, 2.45) is 0 Å². The lowest BCUT2D eigenvalue weighted by Gasteiger charge is -2.26. The smallest absolute Gasteiger partial charge is 0.266 e. The average Bonchev–Trinajstić information content (AvgIpc) is 2.77. The molecule has 0 radical (unpaired) electrons. The molecule has 2 aromatic heterocycles. The highest BCUT2D eigenvalue weighted by molar-refractivity contribution is 7.99. The molecule has 18 heavy (non-hydrogen) atoms. The molecule has 5 nitrogen and oxygen atoms in total. The topological polar surface area (TPSA) is 72.1 Å². The van der Waals surface area contributed by atoms with Crippen molar-refractivity contribution in [3.05, 3.63) is 17.1 Å². The van der Waals surface area contributed by atoms with Gasteiger partial charge in [0.2, 0.25) is 0 Å². The number of thiophene rings is 1. The van der Waals surface area contributed by atoms with E-state index < -0.39 is 0 Å². The van der Waals surface area contributed by atoms with Crippen molar-refractivity contribution in [1.82, 2.24) is 15.1 Å². The van der Waals surface area contributed by atoms with Crippen LogP contribution in [0.5, 0.6) is 0 Å². The Morgan fingerprint density at radius 3 is 2.89 bits per heavy atom. The number of nitrogens with two attached hydrogens (primary N) is 1. The van der Waals surface area contributed by atoms with Crippen molar-refractivity contribution in [3.63, 3.8) is 0 Å². The quantitative estimate of drug-likeness (QED) is 0.856. The Labute approximate surface area is 112 Å². The zero-order chi connectivity index (χ0) is 12.5. The van der Waals surface area contributed by atoms with E-state index in [1.54, 1.807) is 12.3 Å². The Balaban J connectivity index is 1.98. The van der Waals surface area contributed by atoms with Crippen LogP contribution < -0.4 is 5.73 Å². The van der Waals surface area contributed by atoms with Gasteiger partial charge in [-0.2, -0.15) is 16.9 Å². The van der Waals surface area contributed by atoms with Crippen LogP contribution in [0.15, 0.2) is 12.3 Å². The number of carbonyl (C=O) groups excluding carboxylic acids is 1. The van der Waals surface area contributed by atoms with E-state index in [0.717, 1.165) is 34.8 Å². The van der Waals surface area contributed by atoms with E-state index in [2.05, 4.69) is 10.2 Å². The number of rotatable bonds is 1. The Kier molecular flexibility index (Phi) is 3.09. The second-order valence-electron chi connectivity index (χ2n) is 4.00. The van der Waals surface area contributed by atoms with Gasteiger partial charge in [0, 0.05) is 30.0 Å². The van der Waals surface area contributed by atoms with Crippen molar-refractivity contribution in [1.29, 1.82) is 0 Å². The SMILES string of the molecule is Nc1c(C(=O)N2CCSCC2)sc2nnccc12. The van der Waals surface area contributed by atoms with Gasteiger partial charge >= 0.3 is 0 Å². The first-order chi connectivity index (χ1) is 8.77. The van der Waals surface area contributed by atoms with Gasteiger partial charge < -0.3 is 10.6 Å². The van der Waals surface area contributed by atoms with Crippen LogP contribution in [-0.4, -0.2) is 45.6 Å². The van der Waals surface area contributed by atoms with Crippen molar-refractivity contribution >= 4 is 44.9 Å². The molecular weight excluding hydrogens is 268 g/mol. The first-order valence-electron chi connectivity index (χ1n) is 5.64. The fourth-order valence-electron chi connectivity index (χ4n) is 1.94. The second kappa shape index (κ2) is 4.74. The molecular formula is C11H12N4OS2. The first kappa shape index (κ1) is 11.7. The summed E-state index contributed by atoms with van der Waals surface area (Å²) in [4.78, 5) is 15.6. The lowest BCUT2D eigenvalue weighted by atomic mass is 10.2. The fourth-order valence-corrected chi connectivity index (χ4v) is 3.85. The molecule has 0 spiro atoms. The Morgan fingerprint density at radius 1 is 1.39 bits per heavy atom. The fraction of sp³-hybridized carbons (Fsp3) is 0.364. The summed E-state index contributed by atoms with van der Waals surface area (Å²) in [7, 11) is 0. The molecule has 2 aromatic rings. The summed E-state index contributed by atoms with van der Waals surface area (Å²) in [5.41, 5.74) is 6.57. The van der Waals surface area contributed by atoms with E-state index in [1.165, 1.54) is 11.3 Å². The molecule has 0 aromatic carbocycles. The standard InChI is InChI=1S/C11H12N4OS2/c12-8-7-1-2-13-14-10(7)18-9(8)11(16)15-3-5-17-6-4-15/h1-2H,3-6,12H2. The number of anilines is 1. The largest absolute Gasteiger partial charge is 0.397 e. The van der Waals surface area contributed by atoms with Crippen LogP contribution in [0.1, 0.15) is 9.67 Å². The summed E-state index contributed by atoms with van der Waals surface area (Å²) in [6, 6.07) is 1.80. The summed E-state index contributed by atoms with van der Waals surface area (Å²) in [5.74, 6) is 2.02. The lowest BCUT2D eigenvalue weighted by molar-refractivity contribution is 0.0778. The highest BCUT2D eigenvalue weighted by Gasteiger charge is 2.23. The molecule has 1 aliphatic heterocycles. The van der Waals surface area contributed by atoms with Gasteiger partial charge in [-0.15, -0.1) is 16.4 Å². The number of aromatic nitrogens is 2. The van der Waals surface area contributed by atoms with Crippen LogP contribution >= 0.6 is 23.1 Å². The minimum atomic E-state index is 0.0239. The maximum Gasteiger partial charge on any atom is 0.266 e. The molecule has 1 aliphatic rings. The predicted molar refractivity (Wildman–Crippen MR) is 75.1 cm³/mol. The van der Waals surface area contributed by atoms with Gasteiger partial charge in [0.05, 0.1) is 11.9 Å². The monoisotopic (exact) mass is 280 g/mol. The molecule has 0 atom stereocenters. The zero-order valence-corrected chi connectivity index (χ0v) is 11.3. The number of nitrogen functional groups attached to an aromatic ring is 1. The maximum absolute atomic E-state index is 12.4. The summed E-state index contributed by atoms with van der Waals surface area (Å²) in [5, 5.41) is 8.64. The van der Waals surface area contributed by atoms with E-state index in [4.69, 9.17) is 5.73 Å². The molecule has 94 valence electrons. The molecule has 0 aliphatic carbocycles. The molecule has 3 rings (SSSR count). The van der Waals surface area contributed by atoms with Crippen LogP contribution in [0.4, 0.5) is 5.69 Å². The van der Waals surface area contributed by atoms with Crippen molar-refractivity contribution < 1.29 is 4.79 Å². The molecule has 3 heterocycles. The van der Waals surface area contributed by atoms with E-state index in [-0.39, 0.29) is 5.91 Å². The third-order valence-corrected chi connectivity index (χ3v) is 4.95. The molecule has 1 amide bonds. The van der Waals surface area contributed by atoms with Crippen LogP contribution in [-0.2, 0) is 0 Å².